The van der Waals surface area contributed by atoms with Crippen molar-refractivity contribution >= 4 is 23.9 Å². The number of carbonyl (C=O) groups is 1. The molecule has 0 aliphatic carbocycles. The van der Waals surface area contributed by atoms with Gasteiger partial charge in [0.1, 0.15) is 11.6 Å². The Hall–Kier alpha value is -3.91. The van der Waals surface area contributed by atoms with Gasteiger partial charge in [0.25, 0.3) is 0 Å². The molecule has 3 aromatic rings. The standard InChI is InChI=1S/C34H40FN3O3S/c1-24(2)12-9-13-25(3)14-10-15-26(4)20-21-42-32-19-8-7-18-30(32)34(39)41-36-23-31-27(5)37-38(6)33(31)40-29-17-11-16-28(35)22-29/h7-8,11-12,14,16-20,22-23H,9-10,13,15,21H2,1-6H3/b25-14+,26-20+,36-23+. The Balaban J connectivity index is 1.57. The molecule has 8 heteroatoms. The molecule has 6 nitrogen and oxygen atoms in total. The molecule has 222 valence electrons. The summed E-state index contributed by atoms with van der Waals surface area (Å²) in [4.78, 5) is 19.0. The highest BCUT2D eigenvalue weighted by molar-refractivity contribution is 7.99. The monoisotopic (exact) mass is 589 g/mol. The van der Waals surface area contributed by atoms with Gasteiger partial charge in [0, 0.05) is 23.8 Å². The summed E-state index contributed by atoms with van der Waals surface area (Å²) in [5, 5.41) is 8.27. The van der Waals surface area contributed by atoms with Gasteiger partial charge in [0.05, 0.1) is 23.0 Å². The fourth-order valence-corrected chi connectivity index (χ4v) is 5.14. The van der Waals surface area contributed by atoms with E-state index in [1.807, 2.05) is 12.1 Å². The van der Waals surface area contributed by atoms with Gasteiger partial charge in [0.15, 0.2) is 0 Å². The average molecular weight is 590 g/mol. The fourth-order valence-electron chi connectivity index (χ4n) is 4.11. The van der Waals surface area contributed by atoms with Crippen LogP contribution in [0.25, 0.3) is 0 Å². The smallest absolute Gasteiger partial charge is 0.366 e. The van der Waals surface area contributed by atoms with E-state index in [-0.39, 0.29) is 0 Å². The third-order valence-electron chi connectivity index (χ3n) is 6.44. The lowest BCUT2D eigenvalue weighted by atomic mass is 10.1. The SMILES string of the molecule is CC(C)=CCC/C(C)=C/CC/C(C)=C/CSc1ccccc1C(=O)O/N=C/c1c(C)nn(C)c1Oc1cccc(F)c1. The van der Waals surface area contributed by atoms with Crippen molar-refractivity contribution < 1.29 is 18.8 Å². The van der Waals surface area contributed by atoms with E-state index in [2.05, 4.69) is 56.2 Å². The number of halogens is 1. The molecular weight excluding hydrogens is 549 g/mol. The van der Waals surface area contributed by atoms with Crippen molar-refractivity contribution in [3.8, 4) is 11.6 Å². The van der Waals surface area contributed by atoms with Gasteiger partial charge in [-0.1, -0.05) is 58.3 Å². The third kappa shape index (κ3) is 10.5. The summed E-state index contributed by atoms with van der Waals surface area (Å²) < 4.78 is 21.0. The third-order valence-corrected chi connectivity index (χ3v) is 7.44. The molecule has 2 aromatic carbocycles. The van der Waals surface area contributed by atoms with E-state index < -0.39 is 11.8 Å². The molecule has 3 rings (SSSR count). The summed E-state index contributed by atoms with van der Waals surface area (Å²) in [6, 6.07) is 13.2. The minimum Gasteiger partial charge on any atom is -0.438 e. The van der Waals surface area contributed by atoms with Gasteiger partial charge in [-0.05, 0) is 84.6 Å². The van der Waals surface area contributed by atoms with E-state index in [4.69, 9.17) is 9.57 Å². The van der Waals surface area contributed by atoms with E-state index in [9.17, 15) is 9.18 Å². The number of aryl methyl sites for hydroxylation is 2. The van der Waals surface area contributed by atoms with Gasteiger partial charge < -0.3 is 9.57 Å². The van der Waals surface area contributed by atoms with Crippen molar-refractivity contribution in [2.24, 2.45) is 12.2 Å². The Morgan fingerprint density at radius 3 is 2.45 bits per heavy atom. The number of ether oxygens (including phenoxy) is 1. The van der Waals surface area contributed by atoms with Gasteiger partial charge in [-0.3, -0.25) is 0 Å². The maximum atomic E-state index is 13.6. The summed E-state index contributed by atoms with van der Waals surface area (Å²) in [5.41, 5.74) is 5.71. The van der Waals surface area contributed by atoms with Crippen LogP contribution in [0, 0.1) is 12.7 Å². The topological polar surface area (TPSA) is 65.7 Å². The first-order valence-electron chi connectivity index (χ1n) is 14.0. The van der Waals surface area contributed by atoms with E-state index in [0.717, 1.165) is 36.3 Å². The first-order chi connectivity index (χ1) is 20.1. The van der Waals surface area contributed by atoms with Crippen molar-refractivity contribution in [2.75, 3.05) is 5.75 Å². The Bertz CT molecular complexity index is 1480. The van der Waals surface area contributed by atoms with E-state index in [1.165, 1.54) is 39.7 Å². The van der Waals surface area contributed by atoms with Crippen molar-refractivity contribution in [2.45, 2.75) is 65.2 Å². The molecular formula is C34H40FN3O3S. The highest BCUT2D eigenvalue weighted by atomic mass is 32.2. The second-order valence-corrected chi connectivity index (χ2v) is 11.4. The van der Waals surface area contributed by atoms with Gasteiger partial charge in [0.2, 0.25) is 5.88 Å². The van der Waals surface area contributed by atoms with Gasteiger partial charge >= 0.3 is 5.97 Å². The second kappa shape index (κ2) is 16.5. The molecule has 0 N–H and O–H groups in total. The Kier molecular flexibility index (Phi) is 12.8. The molecule has 0 saturated carbocycles. The van der Waals surface area contributed by atoms with Crippen molar-refractivity contribution in [1.82, 2.24) is 9.78 Å². The number of hydrogen-bond donors (Lipinski definition) is 0. The predicted molar refractivity (Wildman–Crippen MR) is 170 cm³/mol. The summed E-state index contributed by atoms with van der Waals surface area (Å²) in [6.07, 6.45) is 12.4. The molecule has 0 amide bonds. The lowest BCUT2D eigenvalue weighted by Gasteiger charge is -2.07. The van der Waals surface area contributed by atoms with Crippen molar-refractivity contribution in [1.29, 1.82) is 0 Å². The van der Waals surface area contributed by atoms with Gasteiger partial charge in [-0.25, -0.2) is 13.9 Å². The second-order valence-electron chi connectivity index (χ2n) is 10.4. The Morgan fingerprint density at radius 2 is 1.71 bits per heavy atom. The van der Waals surface area contributed by atoms with Crippen LogP contribution >= 0.6 is 11.8 Å². The van der Waals surface area contributed by atoms with Crippen LogP contribution in [0.4, 0.5) is 4.39 Å². The molecule has 0 saturated heterocycles. The van der Waals surface area contributed by atoms with Crippen LogP contribution < -0.4 is 4.74 Å². The maximum absolute atomic E-state index is 13.6. The molecule has 0 unspecified atom stereocenters. The molecule has 1 heterocycles. The largest absolute Gasteiger partial charge is 0.438 e. The zero-order valence-electron chi connectivity index (χ0n) is 25.3. The van der Waals surface area contributed by atoms with Crippen LogP contribution in [-0.2, 0) is 11.9 Å². The first-order valence-corrected chi connectivity index (χ1v) is 15.0. The molecule has 0 spiro atoms. The highest BCUT2D eigenvalue weighted by Crippen LogP contribution is 2.27. The Labute approximate surface area is 253 Å². The molecule has 0 atom stereocenters. The van der Waals surface area contributed by atoms with Gasteiger partial charge in [-0.2, -0.15) is 5.10 Å². The van der Waals surface area contributed by atoms with Crippen LogP contribution in [0.15, 0.2) is 93.5 Å². The predicted octanol–water partition coefficient (Wildman–Crippen LogP) is 9.36. The number of aromatic nitrogens is 2. The number of nitrogens with zero attached hydrogens (tertiary/aromatic N) is 3. The molecule has 0 fully saturated rings. The molecule has 0 aliphatic heterocycles. The summed E-state index contributed by atoms with van der Waals surface area (Å²) in [6.45, 7) is 10.4. The number of allylic oxidation sites excluding steroid dienone is 5. The van der Waals surface area contributed by atoms with E-state index in [0.29, 0.717) is 28.5 Å². The number of oxime groups is 1. The number of rotatable bonds is 14. The lowest BCUT2D eigenvalue weighted by Crippen LogP contribution is -2.03. The summed E-state index contributed by atoms with van der Waals surface area (Å²) >= 11 is 1.58. The molecule has 1 aromatic heterocycles. The van der Waals surface area contributed by atoms with Crippen LogP contribution in [0.1, 0.15) is 75.0 Å². The van der Waals surface area contributed by atoms with Gasteiger partial charge in [-0.15, -0.1) is 11.8 Å². The zero-order valence-corrected chi connectivity index (χ0v) is 26.1. The maximum Gasteiger partial charge on any atom is 0.366 e. The lowest BCUT2D eigenvalue weighted by molar-refractivity contribution is 0.0515. The van der Waals surface area contributed by atoms with E-state index in [1.54, 1.807) is 50.0 Å². The summed E-state index contributed by atoms with van der Waals surface area (Å²) in [7, 11) is 1.71. The molecule has 0 bridgehead atoms. The summed E-state index contributed by atoms with van der Waals surface area (Å²) in [5.74, 6) is 0.453. The van der Waals surface area contributed by atoms with Crippen LogP contribution in [0.3, 0.4) is 0 Å². The molecule has 0 radical (unpaired) electrons. The van der Waals surface area contributed by atoms with Crippen LogP contribution in [0.5, 0.6) is 11.6 Å². The fraction of sp³-hybridized carbons (Fsp3) is 0.324. The molecule has 42 heavy (non-hydrogen) atoms. The minimum atomic E-state index is -0.557. The molecule has 0 aliphatic rings. The first kappa shape index (κ1) is 32.6. The Morgan fingerprint density at radius 1 is 1.00 bits per heavy atom. The minimum absolute atomic E-state index is 0.321. The number of carbonyl (C=O) groups excluding carboxylic acids is 1. The number of thioether (sulfide) groups is 1. The van der Waals surface area contributed by atoms with Crippen molar-refractivity contribution in [3.63, 3.8) is 0 Å². The zero-order chi connectivity index (χ0) is 30.5. The van der Waals surface area contributed by atoms with Crippen molar-refractivity contribution in [3.05, 3.63) is 106 Å². The highest BCUT2D eigenvalue weighted by Gasteiger charge is 2.16. The number of benzene rings is 2. The normalized spacial score (nSPS) is 12.1. The average Bonchev–Trinajstić information content (AvgIpc) is 3.20. The van der Waals surface area contributed by atoms with Crippen LogP contribution in [0.2, 0.25) is 0 Å². The number of hydrogen-bond acceptors (Lipinski definition) is 6. The van der Waals surface area contributed by atoms with Crippen LogP contribution in [-0.4, -0.2) is 27.7 Å². The van der Waals surface area contributed by atoms with E-state index >= 15 is 0 Å². The quantitative estimate of drug-likeness (QED) is 0.0616.